The molecule has 0 aliphatic carbocycles. The summed E-state index contributed by atoms with van der Waals surface area (Å²) in [5.74, 6) is -4.36. The van der Waals surface area contributed by atoms with Crippen LogP contribution in [0, 0.1) is 11.6 Å². The molecule has 0 aliphatic heterocycles. The largest absolute Gasteiger partial charge is 0.477 e. The number of aromatic carboxylic acids is 1. The number of carboxylic acid groups (broad SMARTS) is 1. The number of carbonyl (C=O) groups is 2. The molecule has 2 N–H and O–H groups in total. The van der Waals surface area contributed by atoms with Crippen LogP contribution in [0.2, 0.25) is 0 Å². The molecule has 6 nitrogen and oxygen atoms in total. The third-order valence-corrected chi connectivity index (χ3v) is 4.29. The highest BCUT2D eigenvalue weighted by Gasteiger charge is 2.29. The van der Waals surface area contributed by atoms with Crippen LogP contribution in [0.1, 0.15) is 63.3 Å². The summed E-state index contributed by atoms with van der Waals surface area (Å²) in [6, 6.07) is 3.45. The van der Waals surface area contributed by atoms with Gasteiger partial charge in [-0.25, -0.2) is 18.4 Å². The summed E-state index contributed by atoms with van der Waals surface area (Å²) in [5.41, 5.74) is -1.91. The minimum Gasteiger partial charge on any atom is -0.477 e. The van der Waals surface area contributed by atoms with Gasteiger partial charge in [0.05, 0.1) is 0 Å². The number of pyridine rings is 1. The number of nitrogens with zero attached hydrogens (tertiary/aromatic N) is 1. The van der Waals surface area contributed by atoms with E-state index in [1.807, 2.05) is 41.5 Å². The zero-order chi connectivity index (χ0) is 22.3. The first kappa shape index (κ1) is 22.3. The smallest absolute Gasteiger partial charge is 0.341 e. The zero-order valence-electron chi connectivity index (χ0n) is 17.2. The number of carbonyl (C=O) groups excluding carboxylic acids is 1. The molecule has 0 atom stereocenters. The highest BCUT2D eigenvalue weighted by Crippen LogP contribution is 2.28. The molecule has 1 aromatic carbocycles. The Kier molecular flexibility index (Phi) is 5.70. The van der Waals surface area contributed by atoms with E-state index in [-0.39, 0.29) is 11.1 Å². The fraction of sp³-hybridized carbons (Fsp3) is 0.381. The number of benzene rings is 1. The first-order valence-electron chi connectivity index (χ1n) is 8.94. The van der Waals surface area contributed by atoms with Crippen molar-refractivity contribution in [2.24, 2.45) is 0 Å². The number of nitrogens with one attached hydrogen (secondary N) is 1. The van der Waals surface area contributed by atoms with Crippen molar-refractivity contribution < 1.29 is 23.5 Å². The number of hydrogen-bond acceptors (Lipinski definition) is 3. The Bertz CT molecular complexity index is 983. The van der Waals surface area contributed by atoms with Gasteiger partial charge in [-0.05, 0) is 12.1 Å². The monoisotopic (exact) mass is 406 g/mol. The Morgan fingerprint density at radius 3 is 1.66 bits per heavy atom. The van der Waals surface area contributed by atoms with Crippen molar-refractivity contribution >= 4 is 17.7 Å². The molecule has 1 amide bonds. The van der Waals surface area contributed by atoms with Gasteiger partial charge in [-0.3, -0.25) is 9.36 Å². The fourth-order valence-electron chi connectivity index (χ4n) is 2.92. The molecule has 2 rings (SSSR count). The van der Waals surface area contributed by atoms with E-state index in [4.69, 9.17) is 5.11 Å². The van der Waals surface area contributed by atoms with E-state index in [2.05, 4.69) is 5.32 Å². The predicted octanol–water partition coefficient (Wildman–Crippen LogP) is 4.50. The van der Waals surface area contributed by atoms with Gasteiger partial charge in [-0.2, -0.15) is 0 Å². The zero-order valence-corrected chi connectivity index (χ0v) is 17.2. The first-order chi connectivity index (χ1) is 13.1. The van der Waals surface area contributed by atoms with E-state index < -0.39 is 40.0 Å². The van der Waals surface area contributed by atoms with E-state index in [0.717, 1.165) is 12.1 Å². The quantitative estimate of drug-likeness (QED) is 0.769. The number of halogens is 2. The lowest BCUT2D eigenvalue weighted by Crippen LogP contribution is -2.36. The maximum atomic E-state index is 14.0. The van der Waals surface area contributed by atoms with E-state index in [1.165, 1.54) is 16.7 Å². The first-order valence-corrected chi connectivity index (χ1v) is 8.94. The van der Waals surface area contributed by atoms with Gasteiger partial charge in [0.1, 0.15) is 17.2 Å². The number of aromatic nitrogens is 1. The van der Waals surface area contributed by atoms with Crippen molar-refractivity contribution in [1.82, 2.24) is 4.57 Å². The lowest BCUT2D eigenvalue weighted by Gasteiger charge is -2.30. The van der Waals surface area contributed by atoms with E-state index >= 15 is 0 Å². The van der Waals surface area contributed by atoms with Crippen LogP contribution in [0.4, 0.5) is 19.3 Å². The molecule has 0 radical (unpaired) electrons. The Morgan fingerprint density at radius 1 is 0.897 bits per heavy atom. The molecule has 0 saturated heterocycles. The summed E-state index contributed by atoms with van der Waals surface area (Å²) in [6.07, 6.45) is 0. The summed E-state index contributed by atoms with van der Waals surface area (Å²) < 4.78 is 29.3. The summed E-state index contributed by atoms with van der Waals surface area (Å²) in [5, 5.41) is 11.3. The lowest BCUT2D eigenvalue weighted by molar-refractivity contribution is 0.0686. The van der Waals surface area contributed by atoms with Crippen LogP contribution >= 0.6 is 0 Å². The lowest BCUT2D eigenvalue weighted by atomic mass is 9.86. The summed E-state index contributed by atoms with van der Waals surface area (Å²) in [4.78, 5) is 36.3. The predicted molar refractivity (Wildman–Crippen MR) is 106 cm³/mol. The molecule has 0 aliphatic rings. The second kappa shape index (κ2) is 7.42. The second-order valence-electron chi connectivity index (χ2n) is 8.85. The van der Waals surface area contributed by atoms with Gasteiger partial charge in [-0.1, -0.05) is 41.5 Å². The molecule has 0 unspecified atom stereocenters. The van der Waals surface area contributed by atoms with Crippen molar-refractivity contribution in [1.29, 1.82) is 0 Å². The molecular formula is C21H24F2N2O4. The molecule has 0 bridgehead atoms. The van der Waals surface area contributed by atoms with Gasteiger partial charge < -0.3 is 10.4 Å². The molecule has 8 heteroatoms. The van der Waals surface area contributed by atoms with Crippen LogP contribution in [0.5, 0.6) is 0 Å². The molecule has 156 valence electrons. The van der Waals surface area contributed by atoms with Crippen LogP contribution in [0.25, 0.3) is 0 Å². The minimum atomic E-state index is -1.75. The van der Waals surface area contributed by atoms with Crippen molar-refractivity contribution in [3.05, 3.63) is 63.1 Å². The number of hydrogen-bond donors (Lipinski definition) is 2. The summed E-state index contributed by atoms with van der Waals surface area (Å²) in [6.45, 7) is 11.0. The Balaban J connectivity index is 2.64. The second-order valence-corrected chi connectivity index (χ2v) is 8.85. The van der Waals surface area contributed by atoms with Crippen molar-refractivity contribution in [2.45, 2.75) is 52.4 Å². The molecule has 1 aromatic heterocycles. The van der Waals surface area contributed by atoms with Crippen LogP contribution < -0.4 is 10.7 Å². The van der Waals surface area contributed by atoms with Gasteiger partial charge in [0.15, 0.2) is 5.43 Å². The highest BCUT2D eigenvalue weighted by atomic mass is 19.1. The molecule has 2 aromatic rings. The fourth-order valence-corrected chi connectivity index (χ4v) is 2.92. The van der Waals surface area contributed by atoms with Crippen LogP contribution in [0.3, 0.4) is 0 Å². The topological polar surface area (TPSA) is 88.4 Å². The average molecular weight is 406 g/mol. The molecular weight excluding hydrogens is 382 g/mol. The van der Waals surface area contributed by atoms with E-state index in [1.54, 1.807) is 0 Å². The average Bonchev–Trinajstić information content (AvgIpc) is 2.51. The molecule has 0 saturated carbocycles. The number of rotatable bonds is 2. The highest BCUT2D eigenvalue weighted by molar-refractivity contribution is 5.94. The SMILES string of the molecule is CC(C)(C)c1cc(=O)cc(C(C)(C)C)n1C(=O)Nc1cc(F)c(C(=O)O)c(F)c1. The maximum absolute atomic E-state index is 14.0. The third kappa shape index (κ3) is 4.70. The third-order valence-electron chi connectivity index (χ3n) is 4.29. The van der Waals surface area contributed by atoms with Crippen molar-refractivity contribution in [3.8, 4) is 0 Å². The Labute approximate surface area is 167 Å². The van der Waals surface area contributed by atoms with Crippen LogP contribution in [-0.2, 0) is 10.8 Å². The van der Waals surface area contributed by atoms with Crippen molar-refractivity contribution in [3.63, 3.8) is 0 Å². The molecule has 1 heterocycles. The van der Waals surface area contributed by atoms with Gasteiger partial charge in [-0.15, -0.1) is 0 Å². The van der Waals surface area contributed by atoms with Gasteiger partial charge in [0, 0.05) is 40.0 Å². The number of anilines is 1. The minimum absolute atomic E-state index is 0.242. The van der Waals surface area contributed by atoms with E-state index in [9.17, 15) is 23.2 Å². The van der Waals surface area contributed by atoms with E-state index in [0.29, 0.717) is 11.4 Å². The van der Waals surface area contributed by atoms with Gasteiger partial charge in [0.25, 0.3) is 0 Å². The maximum Gasteiger partial charge on any atom is 0.341 e. The van der Waals surface area contributed by atoms with Gasteiger partial charge in [0.2, 0.25) is 0 Å². The Hall–Kier alpha value is -3.03. The normalized spacial score (nSPS) is 12.0. The van der Waals surface area contributed by atoms with Crippen molar-refractivity contribution in [2.75, 3.05) is 5.32 Å². The van der Waals surface area contributed by atoms with Gasteiger partial charge >= 0.3 is 12.0 Å². The molecule has 0 fully saturated rings. The number of amides is 1. The summed E-state index contributed by atoms with van der Waals surface area (Å²) >= 11 is 0. The molecule has 0 spiro atoms. The standard InChI is InChI=1S/C21H24F2N2O4/c1-20(2,3)15-9-12(26)10-16(21(4,5)6)25(15)19(29)24-11-7-13(22)17(18(27)28)14(23)8-11/h7-10H,1-6H3,(H,24,29)(H,27,28). The van der Waals surface area contributed by atoms with Crippen LogP contribution in [0.15, 0.2) is 29.1 Å². The van der Waals surface area contributed by atoms with Crippen LogP contribution in [-0.4, -0.2) is 21.7 Å². The number of carboxylic acids is 1. The Morgan fingerprint density at radius 2 is 1.31 bits per heavy atom. The molecule has 29 heavy (non-hydrogen) atoms. The summed E-state index contributed by atoms with van der Waals surface area (Å²) in [7, 11) is 0.